The van der Waals surface area contributed by atoms with Gasteiger partial charge in [0.05, 0.1) is 12.2 Å². The minimum atomic E-state index is 0.0322. The van der Waals surface area contributed by atoms with E-state index in [1.54, 1.807) is 0 Å². The van der Waals surface area contributed by atoms with Crippen molar-refractivity contribution in [1.82, 2.24) is 10.2 Å². The van der Waals surface area contributed by atoms with Gasteiger partial charge in [0.25, 0.3) is 0 Å². The van der Waals surface area contributed by atoms with E-state index in [9.17, 15) is 4.79 Å². The van der Waals surface area contributed by atoms with Crippen LogP contribution in [-0.4, -0.2) is 42.8 Å². The minimum absolute atomic E-state index is 0.0322. The van der Waals surface area contributed by atoms with Gasteiger partial charge in [-0.3, -0.25) is 10.1 Å². The normalized spacial score (nSPS) is 26.1. The second-order valence-electron chi connectivity index (χ2n) is 6.95. The molecule has 1 aliphatic carbocycles. The maximum absolute atomic E-state index is 12.5. The average Bonchev–Trinajstić information content (AvgIpc) is 3.22. The van der Waals surface area contributed by atoms with Crippen molar-refractivity contribution in [2.45, 2.75) is 71.5 Å². The van der Waals surface area contributed by atoms with Gasteiger partial charge in [-0.25, -0.2) is 0 Å². The third kappa shape index (κ3) is 4.96. The largest absolute Gasteiger partial charge is 0.381 e. The van der Waals surface area contributed by atoms with Crippen LogP contribution in [0.3, 0.4) is 0 Å². The first-order valence-corrected chi connectivity index (χ1v) is 8.77. The zero-order chi connectivity index (χ0) is 15.2. The van der Waals surface area contributed by atoms with Gasteiger partial charge in [0, 0.05) is 19.8 Å². The maximum Gasteiger partial charge on any atom is 0.241 e. The Morgan fingerprint density at radius 3 is 2.71 bits per heavy atom. The van der Waals surface area contributed by atoms with Gasteiger partial charge < -0.3 is 9.64 Å². The average molecular weight is 296 g/mol. The van der Waals surface area contributed by atoms with Crippen LogP contribution in [0.25, 0.3) is 0 Å². The summed E-state index contributed by atoms with van der Waals surface area (Å²) >= 11 is 0. The molecule has 2 aliphatic rings. The summed E-state index contributed by atoms with van der Waals surface area (Å²) in [5, 5.41) is 3.53. The number of amides is 1. The topological polar surface area (TPSA) is 41.6 Å². The molecule has 1 heterocycles. The van der Waals surface area contributed by atoms with Gasteiger partial charge in [-0.1, -0.05) is 33.6 Å². The van der Waals surface area contributed by atoms with E-state index in [0.717, 1.165) is 51.4 Å². The van der Waals surface area contributed by atoms with Crippen LogP contribution in [0.5, 0.6) is 0 Å². The summed E-state index contributed by atoms with van der Waals surface area (Å²) in [6.07, 6.45) is 7.05. The van der Waals surface area contributed by atoms with Crippen LogP contribution in [-0.2, 0) is 9.53 Å². The van der Waals surface area contributed by atoms with Crippen molar-refractivity contribution in [3.8, 4) is 0 Å². The van der Waals surface area contributed by atoms with Gasteiger partial charge in [0.15, 0.2) is 0 Å². The molecule has 0 aromatic carbocycles. The van der Waals surface area contributed by atoms with Crippen LogP contribution < -0.4 is 5.32 Å². The molecule has 1 N–H and O–H groups in total. The van der Waals surface area contributed by atoms with Crippen LogP contribution in [0.2, 0.25) is 0 Å². The molecule has 4 heteroatoms. The van der Waals surface area contributed by atoms with Crippen LogP contribution in [0.1, 0.15) is 59.3 Å². The van der Waals surface area contributed by atoms with Crippen molar-refractivity contribution in [1.29, 1.82) is 0 Å². The first-order chi connectivity index (χ1) is 10.1. The number of unbranched alkanes of at least 4 members (excludes halogenated alkanes) is 1. The number of nitrogens with zero attached hydrogens (tertiary/aromatic N) is 1. The molecule has 1 saturated carbocycles. The van der Waals surface area contributed by atoms with Crippen LogP contribution in [0, 0.1) is 11.8 Å². The van der Waals surface area contributed by atoms with Crippen LogP contribution >= 0.6 is 0 Å². The molecule has 2 atom stereocenters. The van der Waals surface area contributed by atoms with Gasteiger partial charge in [-0.05, 0) is 37.5 Å². The lowest BCUT2D eigenvalue weighted by molar-refractivity contribution is -0.130. The van der Waals surface area contributed by atoms with E-state index in [0.29, 0.717) is 11.8 Å². The number of ether oxygens (including phenoxy) is 1. The molecule has 0 aromatic heterocycles. The number of nitrogens with one attached hydrogen (secondary N) is 1. The van der Waals surface area contributed by atoms with Crippen molar-refractivity contribution in [3.63, 3.8) is 0 Å². The molecule has 0 radical (unpaired) electrons. The molecule has 2 rings (SSSR count). The minimum Gasteiger partial charge on any atom is -0.381 e. The number of hydrogen-bond acceptors (Lipinski definition) is 3. The summed E-state index contributed by atoms with van der Waals surface area (Å²) in [7, 11) is 0. The maximum atomic E-state index is 12.5. The zero-order valence-corrected chi connectivity index (χ0v) is 13.9. The fourth-order valence-electron chi connectivity index (χ4n) is 2.99. The Morgan fingerprint density at radius 1 is 1.33 bits per heavy atom. The van der Waals surface area contributed by atoms with Crippen molar-refractivity contribution in [2.24, 2.45) is 11.8 Å². The smallest absolute Gasteiger partial charge is 0.241 e. The van der Waals surface area contributed by atoms with Crippen LogP contribution in [0.4, 0.5) is 0 Å². The summed E-state index contributed by atoms with van der Waals surface area (Å²) in [4.78, 5) is 14.6. The molecule has 2 unspecified atom stereocenters. The molecule has 1 saturated heterocycles. The molecular formula is C17H32N2O2. The highest BCUT2D eigenvalue weighted by Gasteiger charge is 2.39. The Labute approximate surface area is 129 Å². The number of hydrogen-bond donors (Lipinski definition) is 1. The molecule has 1 aliphatic heterocycles. The molecule has 122 valence electrons. The van der Waals surface area contributed by atoms with E-state index in [4.69, 9.17) is 4.74 Å². The Morgan fingerprint density at radius 2 is 2.10 bits per heavy atom. The number of carbonyl (C=O) groups excluding carboxylic acids is 1. The first-order valence-electron chi connectivity index (χ1n) is 8.77. The van der Waals surface area contributed by atoms with Crippen molar-refractivity contribution >= 4 is 5.91 Å². The highest BCUT2D eigenvalue weighted by Crippen LogP contribution is 2.28. The lowest BCUT2D eigenvalue weighted by atomic mass is 10.1. The molecule has 0 bridgehead atoms. The highest BCUT2D eigenvalue weighted by atomic mass is 16.5. The van der Waals surface area contributed by atoms with E-state index >= 15 is 0 Å². The van der Waals surface area contributed by atoms with Gasteiger partial charge in [-0.2, -0.15) is 0 Å². The van der Waals surface area contributed by atoms with Crippen molar-refractivity contribution in [2.75, 3.05) is 19.8 Å². The van der Waals surface area contributed by atoms with Crippen molar-refractivity contribution < 1.29 is 9.53 Å². The summed E-state index contributed by atoms with van der Waals surface area (Å²) < 4.78 is 5.68. The fourth-order valence-corrected chi connectivity index (χ4v) is 2.99. The summed E-state index contributed by atoms with van der Waals surface area (Å²) in [6.45, 7) is 9.06. The lowest BCUT2D eigenvalue weighted by Crippen LogP contribution is -2.42. The molecular weight excluding hydrogens is 264 g/mol. The van der Waals surface area contributed by atoms with E-state index in [1.165, 1.54) is 12.8 Å². The molecule has 4 nitrogen and oxygen atoms in total. The zero-order valence-electron chi connectivity index (χ0n) is 13.9. The predicted molar refractivity (Wildman–Crippen MR) is 84.9 cm³/mol. The third-order valence-electron chi connectivity index (χ3n) is 4.50. The fraction of sp³-hybridized carbons (Fsp3) is 0.941. The molecule has 0 aromatic rings. The monoisotopic (exact) mass is 296 g/mol. The summed E-state index contributed by atoms with van der Waals surface area (Å²) in [5.74, 6) is 1.57. The van der Waals surface area contributed by atoms with E-state index in [2.05, 4.69) is 26.1 Å². The lowest BCUT2D eigenvalue weighted by Gasteiger charge is -2.27. The van der Waals surface area contributed by atoms with Crippen molar-refractivity contribution in [3.05, 3.63) is 0 Å². The Kier molecular flexibility index (Phi) is 6.49. The Balaban J connectivity index is 1.74. The van der Waals surface area contributed by atoms with Gasteiger partial charge >= 0.3 is 0 Å². The Hall–Kier alpha value is -0.610. The number of rotatable bonds is 10. The predicted octanol–water partition coefficient (Wildman–Crippen LogP) is 2.78. The summed E-state index contributed by atoms with van der Waals surface area (Å²) in [6, 6.07) is 0.0322. The quantitative estimate of drug-likeness (QED) is 0.630. The standard InChI is InChI=1S/C17H32N2O2/c1-4-5-7-15-17(20)19(16(18-15)13(2)3)10-6-11-21-12-14-8-9-14/h13-16,18H,4-12H2,1-3H3. The highest BCUT2D eigenvalue weighted by molar-refractivity contribution is 5.84. The van der Waals surface area contributed by atoms with E-state index < -0.39 is 0 Å². The third-order valence-corrected chi connectivity index (χ3v) is 4.50. The molecule has 0 spiro atoms. The second-order valence-corrected chi connectivity index (χ2v) is 6.95. The molecule has 2 fully saturated rings. The molecule has 1 amide bonds. The second kappa shape index (κ2) is 8.14. The van der Waals surface area contributed by atoms with Gasteiger partial charge in [-0.15, -0.1) is 0 Å². The van der Waals surface area contributed by atoms with E-state index in [-0.39, 0.29) is 12.2 Å². The summed E-state index contributed by atoms with van der Waals surface area (Å²) in [5.41, 5.74) is 0. The van der Waals surface area contributed by atoms with Gasteiger partial charge in [0.2, 0.25) is 5.91 Å². The van der Waals surface area contributed by atoms with Gasteiger partial charge in [0.1, 0.15) is 0 Å². The van der Waals surface area contributed by atoms with Crippen LogP contribution in [0.15, 0.2) is 0 Å². The first kappa shape index (κ1) is 16.8. The van der Waals surface area contributed by atoms with E-state index in [1.807, 2.05) is 4.90 Å². The SMILES string of the molecule is CCCCC1NC(C(C)C)N(CCCOCC2CC2)C1=O. The molecule has 21 heavy (non-hydrogen) atoms. The Bertz CT molecular complexity index is 329. The number of carbonyl (C=O) groups is 1.